The molecule has 1 atom stereocenters. The smallest absolute Gasteiger partial charge is 0.334 e. The van der Waals surface area contributed by atoms with E-state index in [1.807, 2.05) is 0 Å². The topological polar surface area (TPSA) is 116 Å². The van der Waals surface area contributed by atoms with Crippen molar-refractivity contribution >= 4 is 23.8 Å². The van der Waals surface area contributed by atoms with Crippen molar-refractivity contribution in [1.82, 2.24) is 15.1 Å². The summed E-state index contributed by atoms with van der Waals surface area (Å²) in [6, 6.07) is -0.544. The maximum atomic E-state index is 12.5. The lowest BCUT2D eigenvalue weighted by atomic mass is 9.99. The molecular formula is C12H17N3O6. The molecule has 2 saturated heterocycles. The molecule has 2 N–H and O–H groups in total. The molecule has 0 bridgehead atoms. The van der Waals surface area contributed by atoms with Crippen LogP contribution >= 0.6 is 0 Å². The molecule has 116 valence electrons. The van der Waals surface area contributed by atoms with E-state index in [1.165, 1.54) is 18.7 Å². The van der Waals surface area contributed by atoms with Gasteiger partial charge in [0.05, 0.1) is 13.2 Å². The van der Waals surface area contributed by atoms with Gasteiger partial charge in [-0.25, -0.2) is 9.59 Å². The number of hydrogen-bond acceptors (Lipinski definition) is 5. The van der Waals surface area contributed by atoms with Crippen LogP contribution in [-0.4, -0.2) is 76.6 Å². The van der Waals surface area contributed by atoms with Crippen LogP contribution < -0.4 is 5.32 Å². The van der Waals surface area contributed by atoms with Gasteiger partial charge >= 0.3 is 12.0 Å². The van der Waals surface area contributed by atoms with Gasteiger partial charge in [0, 0.05) is 6.54 Å². The Morgan fingerprint density at radius 3 is 2.67 bits per heavy atom. The molecule has 2 aliphatic heterocycles. The molecule has 0 spiro atoms. The Labute approximate surface area is 120 Å². The van der Waals surface area contributed by atoms with Crippen LogP contribution in [0.15, 0.2) is 0 Å². The zero-order valence-corrected chi connectivity index (χ0v) is 11.8. The Hall–Kier alpha value is -2.16. The fraction of sp³-hybridized carbons (Fsp3) is 0.667. The summed E-state index contributed by atoms with van der Waals surface area (Å²) in [6.07, 6.45) is -1.10. The summed E-state index contributed by atoms with van der Waals surface area (Å²) in [5.41, 5.74) is -1.18. The highest BCUT2D eigenvalue weighted by molar-refractivity contribution is 6.06. The number of carboxylic acids is 1. The van der Waals surface area contributed by atoms with Crippen LogP contribution in [0, 0.1) is 0 Å². The molecule has 21 heavy (non-hydrogen) atoms. The monoisotopic (exact) mass is 299 g/mol. The van der Waals surface area contributed by atoms with Crippen LogP contribution in [0.5, 0.6) is 0 Å². The number of imide groups is 1. The van der Waals surface area contributed by atoms with Crippen molar-refractivity contribution in [2.24, 2.45) is 0 Å². The molecule has 0 aliphatic carbocycles. The number of piperazine rings is 1. The Balaban J connectivity index is 2.16. The lowest BCUT2D eigenvalue weighted by Crippen LogP contribution is -2.68. The number of urea groups is 1. The Bertz CT molecular complexity index is 503. The highest BCUT2D eigenvalue weighted by atomic mass is 16.5. The predicted octanol–water partition coefficient (Wildman–Crippen LogP) is -1.37. The van der Waals surface area contributed by atoms with Crippen LogP contribution in [0.4, 0.5) is 4.79 Å². The molecule has 2 aliphatic rings. The minimum atomic E-state index is -1.18. The normalized spacial score (nSPS) is 25.5. The Kier molecular flexibility index (Phi) is 3.86. The lowest BCUT2D eigenvalue weighted by molar-refractivity contribution is -0.155. The number of carbonyl (C=O) groups is 4. The molecule has 2 fully saturated rings. The summed E-state index contributed by atoms with van der Waals surface area (Å²) in [7, 11) is 0. The van der Waals surface area contributed by atoms with E-state index in [-0.39, 0.29) is 26.2 Å². The van der Waals surface area contributed by atoms with E-state index in [2.05, 4.69) is 5.32 Å². The first-order valence-electron chi connectivity index (χ1n) is 6.48. The fourth-order valence-electron chi connectivity index (χ4n) is 2.23. The highest BCUT2D eigenvalue weighted by Crippen LogP contribution is 2.21. The number of ether oxygens (including phenoxy) is 1. The zero-order chi connectivity index (χ0) is 15.8. The first-order chi connectivity index (χ1) is 9.73. The molecule has 9 nitrogen and oxygen atoms in total. The van der Waals surface area contributed by atoms with Crippen molar-refractivity contribution in [3.63, 3.8) is 0 Å². The standard InChI is InChI=1S/C12H17N3O6/c1-12(2)10(19)13-8(16)6-15(12)11(20)14-3-4-21-7(5-14)9(17)18/h7H,3-6H2,1-2H3,(H,17,18)(H,13,16,19). The predicted molar refractivity (Wildman–Crippen MR) is 68.3 cm³/mol. The number of morpholine rings is 1. The number of rotatable bonds is 1. The minimum absolute atomic E-state index is 0.0944. The second-order valence-electron chi connectivity index (χ2n) is 5.45. The van der Waals surface area contributed by atoms with Gasteiger partial charge in [0.25, 0.3) is 5.91 Å². The second-order valence-corrected chi connectivity index (χ2v) is 5.45. The maximum absolute atomic E-state index is 12.5. The van der Waals surface area contributed by atoms with Gasteiger partial charge in [0.15, 0.2) is 6.10 Å². The molecular weight excluding hydrogens is 282 g/mol. The van der Waals surface area contributed by atoms with E-state index >= 15 is 0 Å². The van der Waals surface area contributed by atoms with Crippen molar-refractivity contribution in [2.45, 2.75) is 25.5 Å². The molecule has 9 heteroatoms. The number of amides is 4. The molecule has 0 saturated carbocycles. The van der Waals surface area contributed by atoms with Gasteiger partial charge in [-0.05, 0) is 13.8 Å². The molecule has 0 aromatic heterocycles. The van der Waals surface area contributed by atoms with Crippen molar-refractivity contribution in [3.8, 4) is 0 Å². The number of carboxylic acid groups (broad SMARTS) is 1. The van der Waals surface area contributed by atoms with Crippen LogP contribution in [0.2, 0.25) is 0 Å². The van der Waals surface area contributed by atoms with Gasteiger partial charge in [0.2, 0.25) is 5.91 Å². The third-order valence-electron chi connectivity index (χ3n) is 3.63. The third kappa shape index (κ3) is 2.82. The van der Waals surface area contributed by atoms with Gasteiger partial charge < -0.3 is 19.6 Å². The van der Waals surface area contributed by atoms with E-state index in [0.29, 0.717) is 0 Å². The van der Waals surface area contributed by atoms with Crippen LogP contribution in [0.1, 0.15) is 13.8 Å². The van der Waals surface area contributed by atoms with E-state index in [0.717, 1.165) is 4.90 Å². The summed E-state index contributed by atoms with van der Waals surface area (Å²) >= 11 is 0. The van der Waals surface area contributed by atoms with Gasteiger partial charge in [-0.2, -0.15) is 0 Å². The SMILES string of the molecule is CC1(C)C(=O)NC(=O)CN1C(=O)N1CCOC(C(=O)O)C1. The summed E-state index contributed by atoms with van der Waals surface area (Å²) in [6.45, 7) is 3.01. The average molecular weight is 299 g/mol. The van der Waals surface area contributed by atoms with Crippen molar-refractivity contribution in [3.05, 3.63) is 0 Å². The number of nitrogens with zero attached hydrogens (tertiary/aromatic N) is 2. The number of aliphatic carboxylic acids is 1. The Morgan fingerprint density at radius 2 is 2.05 bits per heavy atom. The molecule has 2 heterocycles. The fourth-order valence-corrected chi connectivity index (χ4v) is 2.23. The maximum Gasteiger partial charge on any atom is 0.334 e. The van der Waals surface area contributed by atoms with E-state index in [9.17, 15) is 19.2 Å². The summed E-state index contributed by atoms with van der Waals surface area (Å²) < 4.78 is 5.04. The largest absolute Gasteiger partial charge is 0.479 e. The lowest BCUT2D eigenvalue weighted by Gasteiger charge is -2.43. The van der Waals surface area contributed by atoms with Crippen molar-refractivity contribution < 1.29 is 29.0 Å². The summed E-state index contributed by atoms with van der Waals surface area (Å²) in [5.74, 6) is -2.27. The van der Waals surface area contributed by atoms with Crippen LogP contribution in [0.3, 0.4) is 0 Å². The highest BCUT2D eigenvalue weighted by Gasteiger charge is 2.45. The van der Waals surface area contributed by atoms with Gasteiger partial charge in [-0.1, -0.05) is 0 Å². The number of carbonyl (C=O) groups excluding carboxylic acids is 3. The van der Waals surface area contributed by atoms with Gasteiger partial charge in [-0.15, -0.1) is 0 Å². The van der Waals surface area contributed by atoms with Gasteiger partial charge in [0.1, 0.15) is 12.1 Å². The molecule has 4 amide bonds. The Morgan fingerprint density at radius 1 is 1.38 bits per heavy atom. The zero-order valence-electron chi connectivity index (χ0n) is 11.8. The second kappa shape index (κ2) is 5.32. The molecule has 2 rings (SSSR count). The van der Waals surface area contributed by atoms with E-state index in [1.54, 1.807) is 0 Å². The number of hydrogen-bond donors (Lipinski definition) is 2. The third-order valence-corrected chi connectivity index (χ3v) is 3.63. The molecule has 0 aromatic rings. The number of nitrogens with one attached hydrogen (secondary N) is 1. The molecule has 0 aromatic carbocycles. The van der Waals surface area contributed by atoms with Crippen molar-refractivity contribution in [1.29, 1.82) is 0 Å². The first kappa shape index (κ1) is 15.2. The van der Waals surface area contributed by atoms with E-state index < -0.39 is 35.5 Å². The van der Waals surface area contributed by atoms with Gasteiger partial charge in [-0.3, -0.25) is 14.9 Å². The van der Waals surface area contributed by atoms with Crippen molar-refractivity contribution in [2.75, 3.05) is 26.2 Å². The molecule has 1 unspecified atom stereocenters. The minimum Gasteiger partial charge on any atom is -0.479 e. The first-order valence-corrected chi connectivity index (χ1v) is 6.48. The average Bonchev–Trinajstić information content (AvgIpc) is 2.42. The van der Waals surface area contributed by atoms with Crippen LogP contribution in [0.25, 0.3) is 0 Å². The summed E-state index contributed by atoms with van der Waals surface area (Å²) in [5, 5.41) is 11.1. The quantitative estimate of drug-likeness (QED) is 0.577. The van der Waals surface area contributed by atoms with Crippen LogP contribution in [-0.2, 0) is 19.1 Å². The molecule has 0 radical (unpaired) electrons. The van der Waals surface area contributed by atoms with E-state index in [4.69, 9.17) is 9.84 Å². The summed E-state index contributed by atoms with van der Waals surface area (Å²) in [4.78, 5) is 49.2.